The molecule has 2 aromatic rings. The van der Waals surface area contributed by atoms with Crippen LogP contribution in [0, 0.1) is 5.92 Å². The largest absolute Gasteiger partial charge is 0.426 e. The van der Waals surface area contributed by atoms with Gasteiger partial charge in [-0.15, -0.1) is 0 Å². The number of ether oxygens (including phenoxy) is 2. The molecule has 174 valence electrons. The lowest BCUT2D eigenvalue weighted by Crippen LogP contribution is -2.43. The molecule has 0 aliphatic rings. The minimum absolute atomic E-state index is 0.00579. The summed E-state index contributed by atoms with van der Waals surface area (Å²) in [6.07, 6.45) is -0.483. The number of amides is 1. The summed E-state index contributed by atoms with van der Waals surface area (Å²) in [5.41, 5.74) is 4.51. The number of esters is 1. The van der Waals surface area contributed by atoms with Crippen molar-refractivity contribution >= 4 is 35.0 Å². The molecule has 11 heteroatoms. The number of hydrogen-bond donors (Lipinski definition) is 2. The third-order valence-electron chi connectivity index (χ3n) is 4.42. The Morgan fingerprint density at radius 3 is 2.59 bits per heavy atom. The number of rotatable bonds is 10. The zero-order chi connectivity index (χ0) is 23.8. The van der Waals surface area contributed by atoms with Crippen LogP contribution in [0.4, 0.5) is 11.5 Å². The normalized spacial score (nSPS) is 10.9. The SMILES string of the molecule is COCCN(C(=O)CCC(=O)Oc1cccc(Cl)c1)c1c(N)n(CC(C)C)c(=O)[nH]c1=O. The Labute approximate surface area is 189 Å². The summed E-state index contributed by atoms with van der Waals surface area (Å²) in [4.78, 5) is 53.1. The number of aromatic amines is 1. The van der Waals surface area contributed by atoms with Crippen LogP contribution < -0.4 is 26.6 Å². The van der Waals surface area contributed by atoms with Crippen molar-refractivity contribution in [2.24, 2.45) is 5.92 Å². The maximum absolute atomic E-state index is 12.9. The van der Waals surface area contributed by atoms with Crippen LogP contribution in [-0.2, 0) is 20.9 Å². The lowest BCUT2D eigenvalue weighted by molar-refractivity contribution is -0.136. The Kier molecular flexibility index (Phi) is 9.03. The van der Waals surface area contributed by atoms with Gasteiger partial charge in [0, 0.05) is 31.6 Å². The molecular weight excluding hydrogens is 440 g/mol. The molecule has 0 fully saturated rings. The van der Waals surface area contributed by atoms with Gasteiger partial charge >= 0.3 is 11.7 Å². The summed E-state index contributed by atoms with van der Waals surface area (Å²) in [7, 11) is 1.44. The van der Waals surface area contributed by atoms with Crippen LogP contribution in [0.25, 0.3) is 0 Å². The standard InChI is InChI=1S/C21H27ClN4O6/c1-13(2)12-26-19(23)18(20(29)24-21(26)30)25(9-10-31-3)16(27)7-8-17(28)32-15-6-4-5-14(22)11-15/h4-6,11,13H,7-10,12,23H2,1-3H3,(H,24,29,30). The van der Waals surface area contributed by atoms with Crippen molar-refractivity contribution in [3.05, 3.63) is 50.1 Å². The molecule has 2 rings (SSSR count). The summed E-state index contributed by atoms with van der Waals surface area (Å²) >= 11 is 5.87. The number of hydrogen-bond acceptors (Lipinski definition) is 7. The first-order chi connectivity index (χ1) is 15.1. The second-order valence-corrected chi connectivity index (χ2v) is 7.90. The molecule has 0 unspecified atom stereocenters. The first kappa shape index (κ1) is 25.2. The highest BCUT2D eigenvalue weighted by molar-refractivity contribution is 6.30. The summed E-state index contributed by atoms with van der Waals surface area (Å²) in [6.45, 7) is 4.14. The van der Waals surface area contributed by atoms with Crippen LogP contribution in [0.2, 0.25) is 5.02 Å². The van der Waals surface area contributed by atoms with Gasteiger partial charge in [-0.3, -0.25) is 23.9 Å². The molecule has 0 spiro atoms. The van der Waals surface area contributed by atoms with E-state index < -0.39 is 23.1 Å². The van der Waals surface area contributed by atoms with Gasteiger partial charge in [0.2, 0.25) is 5.91 Å². The number of nitrogen functional groups attached to an aromatic ring is 1. The van der Waals surface area contributed by atoms with Gasteiger partial charge < -0.3 is 20.1 Å². The average molecular weight is 467 g/mol. The van der Waals surface area contributed by atoms with E-state index in [1.165, 1.54) is 17.7 Å². The molecule has 3 N–H and O–H groups in total. The molecule has 1 heterocycles. The zero-order valence-electron chi connectivity index (χ0n) is 18.2. The number of aromatic nitrogens is 2. The predicted octanol–water partition coefficient (Wildman–Crippen LogP) is 1.79. The van der Waals surface area contributed by atoms with Crippen LogP contribution in [0.15, 0.2) is 33.9 Å². The fraction of sp³-hybridized carbons (Fsp3) is 0.429. The van der Waals surface area contributed by atoms with Gasteiger partial charge in [0.15, 0.2) is 5.69 Å². The number of carbonyl (C=O) groups is 2. The first-order valence-electron chi connectivity index (χ1n) is 10.0. The summed E-state index contributed by atoms with van der Waals surface area (Å²) in [6, 6.07) is 6.31. The Morgan fingerprint density at radius 1 is 1.25 bits per heavy atom. The first-order valence-corrected chi connectivity index (χ1v) is 10.4. The molecule has 1 amide bonds. The fourth-order valence-electron chi connectivity index (χ4n) is 2.99. The summed E-state index contributed by atoms with van der Waals surface area (Å²) in [5.74, 6) is -0.986. The number of halogens is 1. The van der Waals surface area contributed by atoms with Gasteiger partial charge in [-0.2, -0.15) is 0 Å². The number of nitrogens with one attached hydrogen (secondary N) is 1. The highest BCUT2D eigenvalue weighted by atomic mass is 35.5. The molecule has 0 aliphatic carbocycles. The number of carbonyl (C=O) groups excluding carboxylic acids is 2. The monoisotopic (exact) mass is 466 g/mol. The molecule has 0 aliphatic heterocycles. The van der Waals surface area contributed by atoms with E-state index in [4.69, 9.17) is 26.8 Å². The van der Waals surface area contributed by atoms with Crippen molar-refractivity contribution in [1.82, 2.24) is 9.55 Å². The van der Waals surface area contributed by atoms with Gasteiger partial charge in [-0.1, -0.05) is 31.5 Å². The van der Waals surface area contributed by atoms with Crippen LogP contribution in [-0.4, -0.2) is 41.7 Å². The smallest absolute Gasteiger partial charge is 0.330 e. The Balaban J connectivity index is 2.24. The molecule has 1 aromatic heterocycles. The van der Waals surface area contributed by atoms with E-state index in [2.05, 4.69) is 4.98 Å². The zero-order valence-corrected chi connectivity index (χ0v) is 19.0. The van der Waals surface area contributed by atoms with Crippen molar-refractivity contribution in [1.29, 1.82) is 0 Å². The van der Waals surface area contributed by atoms with Crippen molar-refractivity contribution in [2.45, 2.75) is 33.2 Å². The summed E-state index contributed by atoms with van der Waals surface area (Å²) in [5, 5.41) is 0.406. The van der Waals surface area contributed by atoms with Gasteiger partial charge in [0.25, 0.3) is 5.56 Å². The molecule has 1 aromatic carbocycles. The number of nitrogens with zero attached hydrogens (tertiary/aromatic N) is 2. The van der Waals surface area contributed by atoms with Crippen molar-refractivity contribution in [2.75, 3.05) is 30.9 Å². The van der Waals surface area contributed by atoms with E-state index in [1.54, 1.807) is 18.2 Å². The lowest BCUT2D eigenvalue weighted by atomic mass is 10.2. The number of benzene rings is 1. The lowest BCUT2D eigenvalue weighted by Gasteiger charge is -2.24. The number of anilines is 2. The number of nitrogens with two attached hydrogens (primary N) is 1. The second kappa shape index (κ2) is 11.5. The van der Waals surface area contributed by atoms with E-state index in [9.17, 15) is 19.2 Å². The van der Waals surface area contributed by atoms with Gasteiger partial charge in [0.05, 0.1) is 13.0 Å². The topological polar surface area (TPSA) is 137 Å². The van der Waals surface area contributed by atoms with E-state index in [0.29, 0.717) is 5.02 Å². The highest BCUT2D eigenvalue weighted by Gasteiger charge is 2.25. The van der Waals surface area contributed by atoms with Crippen LogP contribution in [0.5, 0.6) is 5.75 Å². The molecule has 10 nitrogen and oxygen atoms in total. The van der Waals surface area contributed by atoms with Crippen LogP contribution in [0.1, 0.15) is 26.7 Å². The Morgan fingerprint density at radius 2 is 1.97 bits per heavy atom. The third kappa shape index (κ3) is 6.69. The fourth-order valence-corrected chi connectivity index (χ4v) is 3.17. The molecule has 0 radical (unpaired) electrons. The van der Waals surface area contributed by atoms with Gasteiger partial charge in [-0.25, -0.2) is 4.79 Å². The Hall–Kier alpha value is -3.11. The molecule has 0 saturated heterocycles. The quantitative estimate of drug-likeness (QED) is 0.402. The second-order valence-electron chi connectivity index (χ2n) is 7.47. The highest BCUT2D eigenvalue weighted by Crippen LogP contribution is 2.20. The van der Waals surface area contributed by atoms with E-state index in [-0.39, 0.29) is 55.7 Å². The van der Waals surface area contributed by atoms with E-state index >= 15 is 0 Å². The third-order valence-corrected chi connectivity index (χ3v) is 4.66. The van der Waals surface area contributed by atoms with Crippen LogP contribution in [0.3, 0.4) is 0 Å². The maximum Gasteiger partial charge on any atom is 0.330 e. The van der Waals surface area contributed by atoms with Crippen LogP contribution >= 0.6 is 11.6 Å². The summed E-state index contributed by atoms with van der Waals surface area (Å²) < 4.78 is 11.4. The molecule has 32 heavy (non-hydrogen) atoms. The van der Waals surface area contributed by atoms with Crippen molar-refractivity contribution < 1.29 is 19.1 Å². The number of H-pyrrole nitrogens is 1. The average Bonchev–Trinajstić information content (AvgIpc) is 2.71. The van der Waals surface area contributed by atoms with Crippen molar-refractivity contribution in [3.63, 3.8) is 0 Å². The minimum atomic E-state index is -0.793. The minimum Gasteiger partial charge on any atom is -0.426 e. The molecule has 0 atom stereocenters. The molecular formula is C21H27ClN4O6. The number of methoxy groups -OCH3 is 1. The van der Waals surface area contributed by atoms with E-state index in [0.717, 1.165) is 4.90 Å². The van der Waals surface area contributed by atoms with E-state index in [1.807, 2.05) is 13.8 Å². The maximum atomic E-state index is 12.9. The molecule has 0 saturated carbocycles. The van der Waals surface area contributed by atoms with Gasteiger partial charge in [0.1, 0.15) is 11.6 Å². The Bertz CT molecular complexity index is 1080. The molecule has 0 bridgehead atoms. The van der Waals surface area contributed by atoms with Gasteiger partial charge in [-0.05, 0) is 24.1 Å². The predicted molar refractivity (Wildman–Crippen MR) is 121 cm³/mol. The van der Waals surface area contributed by atoms with Crippen molar-refractivity contribution in [3.8, 4) is 5.75 Å².